The van der Waals surface area contributed by atoms with E-state index in [0.29, 0.717) is 50.5 Å². The van der Waals surface area contributed by atoms with Crippen molar-refractivity contribution in [2.45, 2.75) is 79.9 Å². The van der Waals surface area contributed by atoms with Crippen LogP contribution in [0, 0.1) is 6.92 Å². The van der Waals surface area contributed by atoms with Gasteiger partial charge in [-0.2, -0.15) is 0 Å². The van der Waals surface area contributed by atoms with Gasteiger partial charge in [-0.25, -0.2) is 19.4 Å². The Morgan fingerprint density at radius 1 is 0.927 bits per heavy atom. The largest absolute Gasteiger partial charge is 0.444 e. The molecule has 1 aliphatic heterocycles. The maximum atomic E-state index is 12.7. The van der Waals surface area contributed by atoms with Gasteiger partial charge in [0.05, 0.1) is 5.56 Å². The molecule has 0 bridgehead atoms. The summed E-state index contributed by atoms with van der Waals surface area (Å²) in [7, 11) is 0. The first-order valence-corrected chi connectivity index (χ1v) is 14.2. The van der Waals surface area contributed by atoms with E-state index in [9.17, 15) is 14.4 Å². The molecule has 228 valence electrons. The summed E-state index contributed by atoms with van der Waals surface area (Å²) in [6.07, 6.45) is 1.37. The maximum Gasteiger partial charge on any atom is 0.410 e. The second-order valence-electron chi connectivity index (χ2n) is 11.5. The molecule has 1 aromatic heterocycles. The van der Waals surface area contributed by atoms with Crippen LogP contribution in [-0.2, 0) is 15.9 Å². The van der Waals surface area contributed by atoms with Gasteiger partial charge in [0.25, 0.3) is 0 Å². The highest BCUT2D eigenvalue weighted by Gasteiger charge is 2.27. The topological polar surface area (TPSA) is 110 Å². The molecule has 1 fully saturated rings. The van der Waals surface area contributed by atoms with E-state index in [2.05, 4.69) is 15.2 Å². The summed E-state index contributed by atoms with van der Waals surface area (Å²) in [4.78, 5) is 45.1. The second kappa shape index (κ2) is 14.7. The van der Waals surface area contributed by atoms with Crippen LogP contribution in [0.15, 0.2) is 36.5 Å². The van der Waals surface area contributed by atoms with Gasteiger partial charge in [0.1, 0.15) is 22.8 Å². The number of aromatic nitrogens is 1. The van der Waals surface area contributed by atoms with Gasteiger partial charge >= 0.3 is 18.2 Å². The number of anilines is 1. The molecule has 0 unspecified atom stereocenters. The highest BCUT2D eigenvalue weighted by Crippen LogP contribution is 2.22. The molecule has 2 aromatic rings. The number of hydrogen-bond acceptors (Lipinski definition) is 8. The summed E-state index contributed by atoms with van der Waals surface area (Å²) in [5, 5.41) is 2.72. The second-order valence-corrected chi connectivity index (χ2v) is 11.5. The van der Waals surface area contributed by atoms with Crippen molar-refractivity contribution in [3.05, 3.63) is 53.2 Å². The van der Waals surface area contributed by atoms with Crippen molar-refractivity contribution < 1.29 is 30.0 Å². The van der Waals surface area contributed by atoms with Crippen LogP contribution in [0.25, 0.3) is 0 Å². The van der Waals surface area contributed by atoms with E-state index in [1.165, 1.54) is 6.20 Å². The number of carbonyl (C=O) groups is 3. The lowest BCUT2D eigenvalue weighted by atomic mass is 10.1. The van der Waals surface area contributed by atoms with Crippen molar-refractivity contribution in [2.24, 2.45) is 0 Å². The van der Waals surface area contributed by atoms with Crippen molar-refractivity contribution in [3.63, 3.8) is 0 Å². The molecule has 10 nitrogen and oxygen atoms in total. The number of nitrogens with one attached hydrogen (secondary N) is 1. The molecule has 0 aliphatic carbocycles. The van der Waals surface area contributed by atoms with Crippen molar-refractivity contribution in [2.75, 3.05) is 37.6 Å². The van der Waals surface area contributed by atoms with Crippen molar-refractivity contribution in [3.8, 4) is 5.75 Å². The molecule has 1 N–H and O–H groups in total. The minimum absolute atomic E-state index is 0. The predicted octanol–water partition coefficient (Wildman–Crippen LogP) is 6.01. The number of hydrogen-bond donors (Lipinski definition) is 1. The Morgan fingerprint density at radius 3 is 2.05 bits per heavy atom. The van der Waals surface area contributed by atoms with Crippen LogP contribution in [0.3, 0.4) is 0 Å². The number of nitrogens with zero attached hydrogens (tertiary/aromatic N) is 3. The maximum absolute atomic E-state index is 12.7. The fraction of sp³-hybridized carbons (Fsp3) is 0.548. The quantitative estimate of drug-likeness (QED) is 0.331. The number of aryl methyl sites for hydroxylation is 1. The minimum Gasteiger partial charge on any atom is -0.444 e. The average Bonchev–Trinajstić information content (AvgIpc) is 2.89. The molecule has 2 heterocycles. The van der Waals surface area contributed by atoms with Gasteiger partial charge in [-0.3, -0.25) is 0 Å². The van der Waals surface area contributed by atoms with Gasteiger partial charge in [-0.05, 0) is 84.2 Å². The molecular weight excluding hydrogens is 524 g/mol. The zero-order valence-corrected chi connectivity index (χ0v) is 26.0. The van der Waals surface area contributed by atoms with E-state index >= 15 is 0 Å². The Hall–Kier alpha value is -3.82. The number of benzene rings is 1. The Kier molecular flexibility index (Phi) is 12.0. The number of pyridine rings is 1. The van der Waals surface area contributed by atoms with Gasteiger partial charge in [0.2, 0.25) is 0 Å². The number of carbonyl (C=O) groups excluding carboxylic acids is 3. The molecule has 0 saturated carbocycles. The summed E-state index contributed by atoms with van der Waals surface area (Å²) in [5.74, 6) is 0.704. The number of esters is 1. The molecule has 1 saturated heterocycles. The summed E-state index contributed by atoms with van der Waals surface area (Å²) in [5.41, 5.74) is 1.12. The molecule has 1 aliphatic rings. The van der Waals surface area contributed by atoms with Crippen LogP contribution >= 0.6 is 0 Å². The highest BCUT2D eigenvalue weighted by molar-refractivity contribution is 5.91. The lowest BCUT2D eigenvalue weighted by Gasteiger charge is -2.36. The smallest absolute Gasteiger partial charge is 0.410 e. The van der Waals surface area contributed by atoms with Gasteiger partial charge < -0.3 is 29.3 Å². The summed E-state index contributed by atoms with van der Waals surface area (Å²) >= 11 is 0. The van der Waals surface area contributed by atoms with Gasteiger partial charge in [0, 0.05) is 40.3 Å². The first-order valence-electron chi connectivity index (χ1n) is 14.2. The number of amides is 2. The third-order valence-corrected chi connectivity index (χ3v) is 5.73. The Morgan fingerprint density at radius 2 is 1.51 bits per heavy atom. The van der Waals surface area contributed by atoms with Gasteiger partial charge in [0.15, 0.2) is 0 Å². The zero-order valence-electron chi connectivity index (χ0n) is 26.0. The van der Waals surface area contributed by atoms with Gasteiger partial charge in [-0.1, -0.05) is 26.0 Å². The molecular formula is C31H48N4O6. The number of alkyl carbamates (subject to hydrolysis) is 1. The van der Waals surface area contributed by atoms with Crippen LogP contribution in [-0.4, -0.2) is 72.0 Å². The van der Waals surface area contributed by atoms with E-state index in [1.807, 2.05) is 74.4 Å². The standard InChI is InChI=1S/C29H40N4O6.C2H6.H2/c1-20-18-22(19-31-24(20)32-14-16-33(17-15-32)27(36)39-29(5,6)7)25(34)37-23-10-8-21(9-11-23)12-13-30-26(35)38-28(2,3)4;1-2;/h8-11,18-19H,12-17H2,1-7H3,(H,30,35);1-2H3;1H. The lowest BCUT2D eigenvalue weighted by Crippen LogP contribution is -2.50. The first-order chi connectivity index (χ1) is 19.2. The molecule has 41 heavy (non-hydrogen) atoms. The fourth-order valence-corrected chi connectivity index (χ4v) is 3.95. The molecule has 3 rings (SSSR count). The predicted molar refractivity (Wildman–Crippen MR) is 162 cm³/mol. The van der Waals surface area contributed by atoms with Crippen LogP contribution < -0.4 is 15.0 Å². The van der Waals surface area contributed by atoms with Crippen molar-refractivity contribution >= 4 is 24.0 Å². The van der Waals surface area contributed by atoms with Crippen LogP contribution in [0.2, 0.25) is 0 Å². The van der Waals surface area contributed by atoms with E-state index in [-0.39, 0.29) is 7.52 Å². The number of piperazine rings is 1. The van der Waals surface area contributed by atoms with Crippen LogP contribution in [0.1, 0.15) is 78.3 Å². The van der Waals surface area contributed by atoms with Crippen LogP contribution in [0.5, 0.6) is 5.75 Å². The van der Waals surface area contributed by atoms with Crippen molar-refractivity contribution in [1.29, 1.82) is 0 Å². The summed E-state index contributed by atoms with van der Waals surface area (Å²) in [6, 6.07) is 8.91. The Labute approximate surface area is 245 Å². The first kappa shape index (κ1) is 33.4. The molecule has 10 heteroatoms. The number of ether oxygens (including phenoxy) is 3. The third kappa shape index (κ3) is 11.3. The molecule has 2 amide bonds. The Bertz CT molecular complexity index is 1170. The van der Waals surface area contributed by atoms with E-state index in [4.69, 9.17) is 14.2 Å². The summed E-state index contributed by atoms with van der Waals surface area (Å²) < 4.78 is 16.2. The molecule has 0 spiro atoms. The highest BCUT2D eigenvalue weighted by atomic mass is 16.6. The Balaban J connectivity index is 0.00000288. The lowest BCUT2D eigenvalue weighted by molar-refractivity contribution is 0.0239. The SMILES string of the molecule is CC.Cc1cc(C(=O)Oc2ccc(CCNC(=O)OC(C)(C)C)cc2)cnc1N1CCN(C(=O)OC(C)(C)C)CC1.[HH]. The van der Waals surface area contributed by atoms with Crippen molar-refractivity contribution in [1.82, 2.24) is 15.2 Å². The van der Waals surface area contributed by atoms with E-state index in [1.54, 1.807) is 23.1 Å². The normalized spacial score (nSPS) is 13.5. The monoisotopic (exact) mass is 572 g/mol. The molecule has 0 atom stereocenters. The van der Waals surface area contributed by atoms with Gasteiger partial charge in [-0.15, -0.1) is 0 Å². The van der Waals surface area contributed by atoms with Crippen LogP contribution in [0.4, 0.5) is 15.4 Å². The molecule has 0 radical (unpaired) electrons. The summed E-state index contributed by atoms with van der Waals surface area (Å²) in [6.45, 7) is 19.6. The number of rotatable bonds is 6. The average molecular weight is 573 g/mol. The third-order valence-electron chi connectivity index (χ3n) is 5.73. The van der Waals surface area contributed by atoms with E-state index in [0.717, 1.165) is 16.9 Å². The fourth-order valence-electron chi connectivity index (χ4n) is 3.95. The molecule has 1 aromatic carbocycles. The van der Waals surface area contributed by atoms with E-state index < -0.39 is 23.3 Å². The zero-order chi connectivity index (χ0) is 30.8. The minimum atomic E-state index is -0.539.